The number of benzene rings is 1. The third-order valence-corrected chi connectivity index (χ3v) is 5.49. The molecule has 2 rings (SSSR count). The van der Waals surface area contributed by atoms with Gasteiger partial charge in [-0.1, -0.05) is 0 Å². The monoisotopic (exact) mass is 342 g/mol. The first-order valence-electron chi connectivity index (χ1n) is 7.38. The van der Waals surface area contributed by atoms with E-state index < -0.39 is 14.9 Å². The van der Waals surface area contributed by atoms with E-state index in [1.54, 1.807) is 0 Å². The van der Waals surface area contributed by atoms with E-state index in [1.807, 2.05) is 14.1 Å². The van der Waals surface area contributed by atoms with Gasteiger partial charge >= 0.3 is 0 Å². The van der Waals surface area contributed by atoms with Crippen molar-refractivity contribution in [1.29, 1.82) is 0 Å². The van der Waals surface area contributed by atoms with Crippen LogP contribution in [0.1, 0.15) is 12.8 Å². The van der Waals surface area contributed by atoms with Crippen molar-refractivity contribution >= 4 is 21.4 Å². The Labute approximate surface area is 136 Å². The van der Waals surface area contributed by atoms with Crippen molar-refractivity contribution in [2.45, 2.75) is 23.8 Å². The summed E-state index contributed by atoms with van der Waals surface area (Å²) in [5.74, 6) is 0.612. The minimum atomic E-state index is -3.71. The van der Waals surface area contributed by atoms with Crippen molar-refractivity contribution in [3.05, 3.63) is 28.3 Å². The summed E-state index contributed by atoms with van der Waals surface area (Å²) in [5, 5.41) is 14.3. The first-order valence-corrected chi connectivity index (χ1v) is 8.87. The average Bonchev–Trinajstić information content (AvgIpc) is 3.31. The molecule has 1 unspecified atom stereocenters. The highest BCUT2D eigenvalue weighted by Gasteiger charge is 2.32. The maximum absolute atomic E-state index is 11.8. The minimum Gasteiger partial charge on any atom is -0.378 e. The Hall–Kier alpha value is -1.71. The molecule has 0 amide bonds. The maximum Gasteiger partial charge on any atom is 0.293 e. The van der Waals surface area contributed by atoms with Crippen LogP contribution < -0.4 is 10.0 Å². The zero-order valence-electron chi connectivity index (χ0n) is 13.4. The molecule has 0 heterocycles. The molecule has 1 aliphatic carbocycles. The lowest BCUT2D eigenvalue weighted by molar-refractivity contribution is -0.384. The SMILES string of the molecule is CNS(=O)(=O)c1ccc(NCC(C2CC2)N(C)C)c([N+](=O)[O-])c1. The number of hydrogen-bond acceptors (Lipinski definition) is 6. The van der Waals surface area contributed by atoms with Crippen LogP contribution in [0.2, 0.25) is 0 Å². The second-order valence-corrected chi connectivity index (χ2v) is 7.78. The van der Waals surface area contributed by atoms with E-state index in [9.17, 15) is 18.5 Å². The normalized spacial score (nSPS) is 16.3. The molecule has 0 bridgehead atoms. The van der Waals surface area contributed by atoms with E-state index in [0.29, 0.717) is 24.2 Å². The zero-order valence-corrected chi connectivity index (χ0v) is 14.3. The van der Waals surface area contributed by atoms with Gasteiger partial charge in [0, 0.05) is 18.7 Å². The molecule has 0 aliphatic heterocycles. The third-order valence-electron chi connectivity index (χ3n) is 4.08. The summed E-state index contributed by atoms with van der Waals surface area (Å²) in [6.45, 7) is 0.580. The fourth-order valence-corrected chi connectivity index (χ4v) is 3.31. The van der Waals surface area contributed by atoms with Gasteiger partial charge in [0.05, 0.1) is 9.82 Å². The largest absolute Gasteiger partial charge is 0.378 e. The number of anilines is 1. The second kappa shape index (κ2) is 6.81. The standard InChI is InChI=1S/C14H22N4O4S/c1-15-23(21,22)11-6-7-12(13(8-11)18(19)20)16-9-14(17(2)3)10-4-5-10/h6-8,10,14-16H,4-5,9H2,1-3H3. The summed E-state index contributed by atoms with van der Waals surface area (Å²) in [6, 6.07) is 4.19. The molecule has 0 saturated heterocycles. The summed E-state index contributed by atoms with van der Waals surface area (Å²) in [7, 11) is 1.53. The lowest BCUT2D eigenvalue weighted by Crippen LogP contribution is -2.36. The predicted octanol–water partition coefficient (Wildman–Crippen LogP) is 1.25. The summed E-state index contributed by atoms with van der Waals surface area (Å²) in [6.07, 6.45) is 2.35. The number of nitrogens with zero attached hydrogens (tertiary/aromatic N) is 2. The topological polar surface area (TPSA) is 105 Å². The summed E-state index contributed by atoms with van der Waals surface area (Å²) < 4.78 is 25.7. The van der Waals surface area contributed by atoms with Crippen LogP contribution in [-0.2, 0) is 10.0 Å². The summed E-state index contributed by atoms with van der Waals surface area (Å²) in [5.41, 5.74) is 0.0900. The maximum atomic E-state index is 11.8. The van der Waals surface area contributed by atoms with Crippen LogP contribution in [0.15, 0.2) is 23.1 Å². The van der Waals surface area contributed by atoms with Crippen LogP contribution in [0.25, 0.3) is 0 Å². The quantitative estimate of drug-likeness (QED) is 0.544. The Balaban J connectivity index is 2.23. The van der Waals surface area contributed by atoms with E-state index in [0.717, 1.165) is 6.07 Å². The predicted molar refractivity (Wildman–Crippen MR) is 88.0 cm³/mol. The van der Waals surface area contributed by atoms with Gasteiger partial charge in [-0.15, -0.1) is 0 Å². The van der Waals surface area contributed by atoms with E-state index in [1.165, 1.54) is 32.0 Å². The molecule has 1 fully saturated rings. The Morgan fingerprint density at radius 2 is 2.04 bits per heavy atom. The average molecular weight is 342 g/mol. The fraction of sp³-hybridized carbons (Fsp3) is 0.571. The molecule has 9 heteroatoms. The van der Waals surface area contributed by atoms with Gasteiger partial charge in [-0.3, -0.25) is 10.1 Å². The molecular weight excluding hydrogens is 320 g/mol. The lowest BCUT2D eigenvalue weighted by atomic mass is 10.1. The Morgan fingerprint density at radius 3 is 2.52 bits per heavy atom. The molecule has 1 aromatic carbocycles. The smallest absolute Gasteiger partial charge is 0.293 e. The van der Waals surface area contributed by atoms with E-state index in [-0.39, 0.29) is 10.6 Å². The molecule has 0 radical (unpaired) electrons. The number of likely N-dealkylation sites (N-methyl/N-ethyl adjacent to an activating group) is 1. The molecule has 8 nitrogen and oxygen atoms in total. The third kappa shape index (κ3) is 4.18. The molecule has 23 heavy (non-hydrogen) atoms. The lowest BCUT2D eigenvalue weighted by Gasteiger charge is -2.24. The van der Waals surface area contributed by atoms with Gasteiger partial charge in [0.25, 0.3) is 5.69 Å². The molecular formula is C14H22N4O4S. The number of nitro groups is 1. The molecule has 1 saturated carbocycles. The number of nitrogens with one attached hydrogen (secondary N) is 2. The number of sulfonamides is 1. The van der Waals surface area contributed by atoms with Gasteiger partial charge in [-0.2, -0.15) is 0 Å². The number of hydrogen-bond donors (Lipinski definition) is 2. The van der Waals surface area contributed by atoms with Crippen molar-refractivity contribution in [2.24, 2.45) is 5.92 Å². The van der Waals surface area contributed by atoms with Gasteiger partial charge in [0.1, 0.15) is 5.69 Å². The zero-order chi connectivity index (χ0) is 17.2. The van der Waals surface area contributed by atoms with E-state index in [2.05, 4.69) is 14.9 Å². The van der Waals surface area contributed by atoms with Crippen LogP contribution in [0, 0.1) is 16.0 Å². The van der Waals surface area contributed by atoms with Crippen LogP contribution in [0.3, 0.4) is 0 Å². The van der Waals surface area contributed by atoms with Crippen LogP contribution in [0.5, 0.6) is 0 Å². The minimum absolute atomic E-state index is 0.122. The molecule has 1 atom stereocenters. The molecule has 2 N–H and O–H groups in total. The first kappa shape index (κ1) is 17.6. The van der Waals surface area contributed by atoms with Crippen molar-refractivity contribution in [3.63, 3.8) is 0 Å². The summed E-state index contributed by atoms with van der Waals surface area (Å²) >= 11 is 0. The first-order chi connectivity index (χ1) is 10.8. The molecule has 128 valence electrons. The van der Waals surface area contributed by atoms with Gasteiger partial charge in [-0.25, -0.2) is 13.1 Å². The molecule has 0 spiro atoms. The highest BCUT2D eigenvalue weighted by atomic mass is 32.2. The van der Waals surface area contributed by atoms with Gasteiger partial charge in [0.2, 0.25) is 10.0 Å². The van der Waals surface area contributed by atoms with Crippen molar-refractivity contribution < 1.29 is 13.3 Å². The van der Waals surface area contributed by atoms with E-state index in [4.69, 9.17) is 0 Å². The fourth-order valence-electron chi connectivity index (χ4n) is 2.56. The molecule has 1 aromatic rings. The van der Waals surface area contributed by atoms with Crippen LogP contribution in [-0.4, -0.2) is 52.0 Å². The van der Waals surface area contributed by atoms with E-state index >= 15 is 0 Å². The van der Waals surface area contributed by atoms with Crippen molar-refractivity contribution in [1.82, 2.24) is 9.62 Å². The Bertz CT molecular complexity index is 684. The Morgan fingerprint density at radius 1 is 1.39 bits per heavy atom. The van der Waals surface area contributed by atoms with Gasteiger partial charge < -0.3 is 10.2 Å². The van der Waals surface area contributed by atoms with Crippen molar-refractivity contribution in [3.8, 4) is 0 Å². The summed E-state index contributed by atoms with van der Waals surface area (Å²) in [4.78, 5) is 12.7. The number of rotatable bonds is 8. The van der Waals surface area contributed by atoms with Crippen LogP contribution in [0.4, 0.5) is 11.4 Å². The highest BCUT2D eigenvalue weighted by Crippen LogP contribution is 2.35. The second-order valence-electron chi connectivity index (χ2n) is 5.89. The Kier molecular flexibility index (Phi) is 5.23. The molecule has 1 aliphatic rings. The number of nitro benzene ring substituents is 1. The van der Waals surface area contributed by atoms with Gasteiger partial charge in [-0.05, 0) is 52.0 Å². The van der Waals surface area contributed by atoms with Crippen LogP contribution >= 0.6 is 0 Å². The van der Waals surface area contributed by atoms with Gasteiger partial charge in [0.15, 0.2) is 0 Å². The molecule has 0 aromatic heterocycles. The van der Waals surface area contributed by atoms with Crippen molar-refractivity contribution in [2.75, 3.05) is 33.0 Å². The highest BCUT2D eigenvalue weighted by molar-refractivity contribution is 7.89.